The van der Waals surface area contributed by atoms with E-state index in [1.807, 2.05) is 0 Å². The van der Waals surface area contributed by atoms with Gasteiger partial charge in [0.05, 0.1) is 0 Å². The summed E-state index contributed by atoms with van der Waals surface area (Å²) in [6.45, 7) is 0. The van der Waals surface area contributed by atoms with Gasteiger partial charge in [-0.3, -0.25) is 0 Å². The van der Waals surface area contributed by atoms with E-state index < -0.39 is 28.8 Å². The summed E-state index contributed by atoms with van der Waals surface area (Å²) in [6, 6.07) is 0. The number of ether oxygens (including phenoxy) is 1. The molecular weight excluding hydrogens is 346 g/mol. The van der Waals surface area contributed by atoms with Crippen molar-refractivity contribution in [2.45, 2.75) is 54.9 Å². The summed E-state index contributed by atoms with van der Waals surface area (Å²) in [5, 5.41) is 0. The van der Waals surface area contributed by atoms with Crippen molar-refractivity contribution in [1.82, 2.24) is 0 Å². The Balaban J connectivity index is 2.90. The van der Waals surface area contributed by atoms with Gasteiger partial charge >= 0.3 is 22.6 Å². The largest absolute Gasteiger partial charge is 0.461 e. The van der Waals surface area contributed by atoms with E-state index in [-0.39, 0.29) is 12.8 Å². The molecule has 0 aromatic carbocycles. The average Bonchev–Trinajstić information content (AvgIpc) is 2.26. The molecule has 1 saturated carbocycles. The lowest BCUT2D eigenvalue weighted by atomic mass is 9.97. The fourth-order valence-corrected chi connectivity index (χ4v) is 1.90. The summed E-state index contributed by atoms with van der Waals surface area (Å²) in [5.41, 5.74) is 0. The summed E-state index contributed by atoms with van der Waals surface area (Å²) < 4.78 is 74.9. The molecule has 0 unspecified atom stereocenters. The third-order valence-electron chi connectivity index (χ3n) is 2.89. The van der Waals surface area contributed by atoms with Crippen LogP contribution in [-0.4, -0.2) is 28.8 Å². The highest BCUT2D eigenvalue weighted by Crippen LogP contribution is 2.50. The van der Waals surface area contributed by atoms with Crippen molar-refractivity contribution in [3.05, 3.63) is 0 Å². The fourth-order valence-electron chi connectivity index (χ4n) is 1.81. The molecule has 1 rings (SSSR count). The van der Waals surface area contributed by atoms with Gasteiger partial charge in [0.25, 0.3) is 0 Å². The van der Waals surface area contributed by atoms with Gasteiger partial charge in [-0.1, -0.05) is 22.4 Å². The number of hydrogen-bond donors (Lipinski definition) is 0. The number of esters is 1. The van der Waals surface area contributed by atoms with E-state index in [2.05, 4.69) is 4.74 Å². The minimum absolute atomic E-state index is 0.282. The van der Waals surface area contributed by atoms with E-state index in [1.54, 1.807) is 0 Å². The predicted octanol–water partition coefficient (Wildman–Crippen LogP) is 4.12. The highest BCUT2D eigenvalue weighted by molar-refractivity contribution is 9.10. The monoisotopic (exact) mass is 356 g/mol. The molecule has 0 aromatic rings. The Morgan fingerprint density at radius 2 is 1.37 bits per heavy atom. The van der Waals surface area contributed by atoms with E-state index in [0.717, 1.165) is 6.42 Å². The zero-order chi connectivity index (χ0) is 14.9. The summed E-state index contributed by atoms with van der Waals surface area (Å²) >= 11 is 1.49. The van der Waals surface area contributed by atoms with Crippen LogP contribution in [-0.2, 0) is 9.53 Å². The second-order valence-corrected chi connectivity index (χ2v) is 5.51. The third kappa shape index (κ3) is 3.35. The van der Waals surface area contributed by atoms with Crippen molar-refractivity contribution in [1.29, 1.82) is 0 Å². The molecule has 0 spiro atoms. The van der Waals surface area contributed by atoms with Crippen LogP contribution >= 0.6 is 15.9 Å². The van der Waals surface area contributed by atoms with Crippen molar-refractivity contribution >= 4 is 21.9 Å². The molecule has 1 aliphatic carbocycles. The third-order valence-corrected chi connectivity index (χ3v) is 4.11. The topological polar surface area (TPSA) is 26.3 Å². The highest BCUT2D eigenvalue weighted by atomic mass is 79.9. The van der Waals surface area contributed by atoms with Gasteiger partial charge in [0.1, 0.15) is 6.10 Å². The van der Waals surface area contributed by atoms with Crippen LogP contribution in [0.5, 0.6) is 0 Å². The molecule has 112 valence electrons. The molecule has 0 radical (unpaired) electrons. The molecule has 0 N–H and O–H groups in total. The van der Waals surface area contributed by atoms with Crippen LogP contribution in [0.2, 0.25) is 0 Å². The van der Waals surface area contributed by atoms with E-state index in [4.69, 9.17) is 0 Å². The van der Waals surface area contributed by atoms with Crippen LogP contribution in [0, 0.1) is 0 Å². The Morgan fingerprint density at radius 1 is 0.947 bits per heavy atom. The maximum Gasteiger partial charge on any atom is 0.423 e. The summed E-state index contributed by atoms with van der Waals surface area (Å²) in [7, 11) is 0. The second kappa shape index (κ2) is 5.49. The molecule has 0 bridgehead atoms. The molecule has 0 aromatic heterocycles. The molecule has 0 heterocycles. The minimum atomic E-state index is -5.82. The van der Waals surface area contributed by atoms with Crippen LogP contribution in [0.1, 0.15) is 32.1 Å². The number of carbonyl (C=O) groups is 1. The maximum atomic E-state index is 12.5. The molecule has 2 nitrogen and oxygen atoms in total. The molecule has 0 saturated heterocycles. The van der Waals surface area contributed by atoms with Gasteiger partial charge in [-0.05, 0) is 25.7 Å². The van der Waals surface area contributed by atoms with Crippen LogP contribution < -0.4 is 0 Å². The molecule has 0 atom stereocenters. The predicted molar refractivity (Wildman–Crippen MR) is 56.7 cm³/mol. The smallest absolute Gasteiger partial charge is 0.423 e. The van der Waals surface area contributed by atoms with Gasteiger partial charge in [0, 0.05) is 0 Å². The van der Waals surface area contributed by atoms with Gasteiger partial charge in [-0.25, -0.2) is 4.79 Å². The van der Waals surface area contributed by atoms with Gasteiger partial charge in [0.2, 0.25) is 0 Å². The normalized spacial score (nSPS) is 19.3. The standard InChI is InChI=1S/C10H11BrF6O2/c11-8(9(12,13)14,10(15,16)17)7(18)19-6-4-2-1-3-5-6/h6H,1-5H2. The quantitative estimate of drug-likeness (QED) is 0.422. The summed E-state index contributed by atoms with van der Waals surface area (Å²) in [5.74, 6) is -2.35. The number of rotatable bonds is 2. The molecule has 1 fully saturated rings. The average molecular weight is 357 g/mol. The zero-order valence-electron chi connectivity index (χ0n) is 9.58. The fraction of sp³-hybridized carbons (Fsp3) is 0.900. The van der Waals surface area contributed by atoms with Crippen LogP contribution in [0.15, 0.2) is 0 Å². The van der Waals surface area contributed by atoms with Gasteiger partial charge < -0.3 is 4.74 Å². The minimum Gasteiger partial charge on any atom is -0.461 e. The SMILES string of the molecule is O=C(OC1CCCCC1)C(Br)(C(F)(F)F)C(F)(F)F. The molecule has 9 heteroatoms. The first-order valence-electron chi connectivity index (χ1n) is 5.53. The Kier molecular flexibility index (Phi) is 4.79. The Labute approximate surface area is 113 Å². The van der Waals surface area contributed by atoms with Crippen LogP contribution in [0.3, 0.4) is 0 Å². The van der Waals surface area contributed by atoms with E-state index in [1.165, 1.54) is 15.9 Å². The highest BCUT2D eigenvalue weighted by Gasteiger charge is 2.75. The summed E-state index contributed by atoms with van der Waals surface area (Å²) in [6.07, 6.45) is -9.91. The van der Waals surface area contributed by atoms with Gasteiger partial charge in [-0.2, -0.15) is 26.3 Å². The lowest BCUT2D eigenvalue weighted by Crippen LogP contribution is -2.58. The Morgan fingerprint density at radius 3 is 1.74 bits per heavy atom. The number of carbonyl (C=O) groups excluding carboxylic acids is 1. The molecular formula is C10H11BrF6O2. The maximum absolute atomic E-state index is 12.5. The molecule has 0 aliphatic heterocycles. The molecule has 19 heavy (non-hydrogen) atoms. The van der Waals surface area contributed by atoms with E-state index in [9.17, 15) is 31.1 Å². The Hall–Kier alpha value is -0.470. The van der Waals surface area contributed by atoms with Crippen molar-refractivity contribution in [2.24, 2.45) is 0 Å². The zero-order valence-corrected chi connectivity index (χ0v) is 11.2. The van der Waals surface area contributed by atoms with Crippen molar-refractivity contribution < 1.29 is 35.9 Å². The Bertz CT molecular complexity index is 318. The van der Waals surface area contributed by atoms with Crippen LogP contribution in [0.25, 0.3) is 0 Å². The lowest BCUT2D eigenvalue weighted by Gasteiger charge is -2.32. The van der Waals surface area contributed by atoms with Crippen molar-refractivity contribution in [3.8, 4) is 0 Å². The number of alkyl halides is 7. The summed E-state index contributed by atoms with van der Waals surface area (Å²) in [4.78, 5) is 11.3. The van der Waals surface area contributed by atoms with Crippen molar-refractivity contribution in [2.75, 3.05) is 0 Å². The lowest BCUT2D eigenvalue weighted by molar-refractivity contribution is -0.264. The molecule has 1 aliphatic rings. The molecule has 0 amide bonds. The van der Waals surface area contributed by atoms with Crippen molar-refractivity contribution in [3.63, 3.8) is 0 Å². The van der Waals surface area contributed by atoms with Gasteiger partial charge in [0.15, 0.2) is 0 Å². The van der Waals surface area contributed by atoms with Gasteiger partial charge in [-0.15, -0.1) is 0 Å². The van der Waals surface area contributed by atoms with E-state index >= 15 is 0 Å². The second-order valence-electron chi connectivity index (χ2n) is 4.32. The number of halogens is 7. The van der Waals surface area contributed by atoms with E-state index in [0.29, 0.717) is 12.8 Å². The number of hydrogen-bond acceptors (Lipinski definition) is 2. The van der Waals surface area contributed by atoms with Crippen LogP contribution in [0.4, 0.5) is 26.3 Å². The first-order valence-corrected chi connectivity index (χ1v) is 6.33. The first kappa shape index (κ1) is 16.6. The first-order chi connectivity index (χ1) is 8.50.